The van der Waals surface area contributed by atoms with Gasteiger partial charge in [0.1, 0.15) is 0 Å². The van der Waals surface area contributed by atoms with Crippen molar-refractivity contribution >= 4 is 0 Å². The van der Waals surface area contributed by atoms with Gasteiger partial charge in [0.05, 0.1) is 0 Å². The van der Waals surface area contributed by atoms with Crippen LogP contribution in [-0.4, -0.2) is 17.2 Å². The molecular weight excluding hydrogens is 212 g/mol. The minimum atomic E-state index is 0.0690. The smallest absolute Gasteiger partial charge is 0.181 e. The Bertz CT molecular complexity index is 350. The fraction of sp³-hybridized carbons (Fsp3) is 0.643. The molecule has 0 saturated carbocycles. The van der Waals surface area contributed by atoms with E-state index in [4.69, 9.17) is 0 Å². The van der Waals surface area contributed by atoms with E-state index in [0.717, 1.165) is 19.0 Å². The first-order chi connectivity index (χ1) is 8.08. The van der Waals surface area contributed by atoms with Gasteiger partial charge in [-0.25, -0.2) is 0 Å². The molecule has 96 valence electrons. The standard InChI is InChI=1S/C14H24N2O/c1-12(2)4-5-13(3)15-8-11-16-9-6-14(17)7-10-16/h6-7,9-10,12-13,15H,4-5,8,11H2,1-3H3. The van der Waals surface area contributed by atoms with Gasteiger partial charge in [-0.1, -0.05) is 13.8 Å². The quantitative estimate of drug-likeness (QED) is 0.788. The molecule has 1 N–H and O–H groups in total. The molecule has 0 fully saturated rings. The van der Waals surface area contributed by atoms with E-state index in [2.05, 4.69) is 26.1 Å². The highest BCUT2D eigenvalue weighted by atomic mass is 16.1. The van der Waals surface area contributed by atoms with Crippen LogP contribution in [0.1, 0.15) is 33.6 Å². The third kappa shape index (κ3) is 6.27. The van der Waals surface area contributed by atoms with E-state index in [1.807, 2.05) is 17.0 Å². The first-order valence-electron chi connectivity index (χ1n) is 6.47. The van der Waals surface area contributed by atoms with Gasteiger partial charge in [-0.15, -0.1) is 0 Å². The second kappa shape index (κ2) is 7.28. The maximum absolute atomic E-state index is 10.9. The zero-order valence-electron chi connectivity index (χ0n) is 11.1. The molecule has 3 heteroatoms. The van der Waals surface area contributed by atoms with Gasteiger partial charge < -0.3 is 9.88 Å². The average molecular weight is 236 g/mol. The van der Waals surface area contributed by atoms with Crippen LogP contribution in [0.25, 0.3) is 0 Å². The van der Waals surface area contributed by atoms with Crippen molar-refractivity contribution in [1.29, 1.82) is 0 Å². The Labute approximate surface area is 104 Å². The van der Waals surface area contributed by atoms with E-state index < -0.39 is 0 Å². The molecule has 0 saturated heterocycles. The number of hydrogen-bond donors (Lipinski definition) is 1. The van der Waals surface area contributed by atoms with Crippen molar-refractivity contribution in [1.82, 2.24) is 9.88 Å². The molecule has 1 atom stereocenters. The van der Waals surface area contributed by atoms with Crippen molar-refractivity contribution in [3.63, 3.8) is 0 Å². The average Bonchev–Trinajstić information content (AvgIpc) is 2.29. The van der Waals surface area contributed by atoms with E-state index in [0.29, 0.717) is 6.04 Å². The Hall–Kier alpha value is -1.09. The molecule has 0 aliphatic rings. The normalized spacial score (nSPS) is 12.9. The molecule has 1 unspecified atom stereocenters. The highest BCUT2D eigenvalue weighted by molar-refractivity contribution is 4.93. The topological polar surface area (TPSA) is 34.0 Å². The van der Waals surface area contributed by atoms with Crippen LogP contribution in [0.2, 0.25) is 0 Å². The molecule has 3 nitrogen and oxygen atoms in total. The molecule has 0 aliphatic heterocycles. The van der Waals surface area contributed by atoms with Crippen molar-refractivity contribution in [2.75, 3.05) is 6.54 Å². The fourth-order valence-electron chi connectivity index (χ4n) is 1.72. The van der Waals surface area contributed by atoms with Crippen LogP contribution in [0.3, 0.4) is 0 Å². The van der Waals surface area contributed by atoms with Gasteiger partial charge in [-0.2, -0.15) is 0 Å². The number of nitrogens with zero attached hydrogens (tertiary/aromatic N) is 1. The molecule has 0 radical (unpaired) electrons. The van der Waals surface area contributed by atoms with E-state index in [1.54, 1.807) is 12.1 Å². The van der Waals surface area contributed by atoms with Crippen molar-refractivity contribution in [2.24, 2.45) is 5.92 Å². The van der Waals surface area contributed by atoms with Gasteiger partial charge in [-0.3, -0.25) is 4.79 Å². The van der Waals surface area contributed by atoms with Crippen molar-refractivity contribution in [3.8, 4) is 0 Å². The van der Waals surface area contributed by atoms with E-state index in [1.165, 1.54) is 12.8 Å². The molecule has 1 rings (SSSR count). The van der Waals surface area contributed by atoms with Crippen LogP contribution in [0, 0.1) is 5.92 Å². The van der Waals surface area contributed by atoms with Gasteiger partial charge in [0.2, 0.25) is 0 Å². The monoisotopic (exact) mass is 236 g/mol. The van der Waals surface area contributed by atoms with Crippen molar-refractivity contribution in [2.45, 2.75) is 46.2 Å². The minimum absolute atomic E-state index is 0.0690. The highest BCUT2D eigenvalue weighted by Crippen LogP contribution is 2.05. The Balaban J connectivity index is 2.19. The Morgan fingerprint density at radius 2 is 1.82 bits per heavy atom. The summed E-state index contributed by atoms with van der Waals surface area (Å²) in [5, 5.41) is 3.50. The summed E-state index contributed by atoms with van der Waals surface area (Å²) in [7, 11) is 0. The lowest BCUT2D eigenvalue weighted by molar-refractivity contribution is 0.441. The maximum Gasteiger partial charge on any atom is 0.181 e. The molecule has 17 heavy (non-hydrogen) atoms. The first kappa shape index (κ1) is 14.0. The third-order valence-electron chi connectivity index (χ3n) is 2.90. The predicted octanol–water partition coefficient (Wildman–Crippen LogP) is 2.26. The molecule has 1 heterocycles. The van der Waals surface area contributed by atoms with Crippen molar-refractivity contribution in [3.05, 3.63) is 34.7 Å². The van der Waals surface area contributed by atoms with Crippen molar-refractivity contribution < 1.29 is 0 Å². The number of hydrogen-bond acceptors (Lipinski definition) is 2. The van der Waals surface area contributed by atoms with Gasteiger partial charge in [-0.05, 0) is 25.7 Å². The summed E-state index contributed by atoms with van der Waals surface area (Å²) in [5.41, 5.74) is 0.0690. The van der Waals surface area contributed by atoms with Crippen LogP contribution in [0.5, 0.6) is 0 Å². The van der Waals surface area contributed by atoms with E-state index in [9.17, 15) is 4.79 Å². The zero-order chi connectivity index (χ0) is 12.7. The van der Waals surface area contributed by atoms with Gasteiger partial charge in [0, 0.05) is 43.7 Å². The Morgan fingerprint density at radius 1 is 1.18 bits per heavy atom. The summed E-state index contributed by atoms with van der Waals surface area (Å²) in [6, 6.07) is 3.77. The molecular formula is C14H24N2O. The van der Waals surface area contributed by atoms with Gasteiger partial charge >= 0.3 is 0 Å². The molecule has 0 aliphatic carbocycles. The number of aromatic nitrogens is 1. The molecule has 0 bridgehead atoms. The lowest BCUT2D eigenvalue weighted by Crippen LogP contribution is -2.29. The summed E-state index contributed by atoms with van der Waals surface area (Å²) in [4.78, 5) is 10.9. The molecule has 0 amide bonds. The third-order valence-corrected chi connectivity index (χ3v) is 2.90. The second-order valence-corrected chi connectivity index (χ2v) is 5.10. The van der Waals surface area contributed by atoms with Crippen LogP contribution >= 0.6 is 0 Å². The Morgan fingerprint density at radius 3 is 2.41 bits per heavy atom. The van der Waals surface area contributed by atoms with Gasteiger partial charge in [0.25, 0.3) is 0 Å². The summed E-state index contributed by atoms with van der Waals surface area (Å²) < 4.78 is 2.03. The van der Waals surface area contributed by atoms with E-state index in [-0.39, 0.29) is 5.43 Å². The molecule has 0 aromatic carbocycles. The largest absolute Gasteiger partial charge is 0.353 e. The number of pyridine rings is 1. The zero-order valence-corrected chi connectivity index (χ0v) is 11.1. The van der Waals surface area contributed by atoms with Gasteiger partial charge in [0.15, 0.2) is 5.43 Å². The fourth-order valence-corrected chi connectivity index (χ4v) is 1.72. The van der Waals surface area contributed by atoms with Crippen LogP contribution < -0.4 is 10.7 Å². The Kier molecular flexibility index (Phi) is 5.98. The molecule has 1 aromatic rings. The molecule has 1 aromatic heterocycles. The number of nitrogens with one attached hydrogen (secondary N) is 1. The summed E-state index contributed by atoms with van der Waals surface area (Å²) in [5.74, 6) is 0.776. The minimum Gasteiger partial charge on any atom is -0.353 e. The van der Waals surface area contributed by atoms with E-state index >= 15 is 0 Å². The SMILES string of the molecule is CC(C)CCC(C)NCCn1ccc(=O)cc1. The predicted molar refractivity (Wildman–Crippen MR) is 72.2 cm³/mol. The number of rotatable bonds is 7. The molecule has 0 spiro atoms. The summed E-state index contributed by atoms with van der Waals surface area (Å²) in [6.07, 6.45) is 6.17. The second-order valence-electron chi connectivity index (χ2n) is 5.10. The maximum atomic E-state index is 10.9. The summed E-state index contributed by atoms with van der Waals surface area (Å²) in [6.45, 7) is 8.60. The lowest BCUT2D eigenvalue weighted by Gasteiger charge is -2.15. The van der Waals surface area contributed by atoms with Crippen LogP contribution in [0.15, 0.2) is 29.3 Å². The highest BCUT2D eigenvalue weighted by Gasteiger charge is 2.02. The van der Waals surface area contributed by atoms with Crippen LogP contribution in [0.4, 0.5) is 0 Å². The summed E-state index contributed by atoms with van der Waals surface area (Å²) >= 11 is 0. The first-order valence-corrected chi connectivity index (χ1v) is 6.47. The van der Waals surface area contributed by atoms with Crippen LogP contribution in [-0.2, 0) is 6.54 Å². The lowest BCUT2D eigenvalue weighted by atomic mass is 10.0.